The van der Waals surface area contributed by atoms with Crippen molar-refractivity contribution in [3.8, 4) is 5.75 Å². The molecule has 0 radical (unpaired) electrons. The maximum absolute atomic E-state index is 13.6. The highest BCUT2D eigenvalue weighted by molar-refractivity contribution is 6.09. The number of benzene rings is 2. The van der Waals surface area contributed by atoms with E-state index in [1.165, 1.54) is 19.3 Å². The zero-order valence-corrected chi connectivity index (χ0v) is 29.8. The number of amides is 2. The Morgan fingerprint density at radius 1 is 1.06 bits per heavy atom. The van der Waals surface area contributed by atoms with Crippen LogP contribution in [0.2, 0.25) is 0 Å². The number of amidine groups is 1. The number of hydrogen-bond donors (Lipinski definition) is 3. The number of hydrogen-bond acceptors (Lipinski definition) is 7. The van der Waals surface area contributed by atoms with Crippen molar-refractivity contribution in [1.29, 1.82) is 5.41 Å². The SMILES string of the molecule is CC1CCCCN1C1=[n+]2cc(OC3CCC(NC(=O)NC(CC(=N)C(C)(C)C)=Nc4cccc(CN(C)C)c4)c4ccccc43)ccc2=N1. The van der Waals surface area contributed by atoms with E-state index >= 15 is 0 Å². The molecule has 0 saturated carbocycles. The van der Waals surface area contributed by atoms with Crippen LogP contribution in [0.1, 0.15) is 95.1 Å². The van der Waals surface area contributed by atoms with E-state index in [1.54, 1.807) is 0 Å². The fraction of sp³-hybridized carbons (Fsp3) is 0.462. The van der Waals surface area contributed by atoms with Crippen molar-refractivity contribution in [2.24, 2.45) is 15.4 Å². The minimum atomic E-state index is -0.346. The number of nitrogens with zero attached hydrogens (tertiary/aromatic N) is 5. The van der Waals surface area contributed by atoms with Gasteiger partial charge in [-0.15, -0.1) is 0 Å². The van der Waals surface area contributed by atoms with E-state index in [1.807, 2.05) is 77.3 Å². The van der Waals surface area contributed by atoms with Crippen LogP contribution >= 0.6 is 0 Å². The molecule has 258 valence electrons. The van der Waals surface area contributed by atoms with Crippen LogP contribution in [0.15, 0.2) is 76.8 Å². The summed E-state index contributed by atoms with van der Waals surface area (Å²) >= 11 is 0. The van der Waals surface area contributed by atoms with Crippen molar-refractivity contribution in [3.05, 3.63) is 95.0 Å². The molecule has 2 aliphatic heterocycles. The van der Waals surface area contributed by atoms with Crippen molar-refractivity contribution in [3.63, 3.8) is 0 Å². The molecule has 0 spiro atoms. The zero-order valence-electron chi connectivity index (χ0n) is 29.8. The highest BCUT2D eigenvalue weighted by atomic mass is 16.5. The Hall–Kier alpha value is -4.57. The van der Waals surface area contributed by atoms with Gasteiger partial charge in [0.1, 0.15) is 23.9 Å². The van der Waals surface area contributed by atoms with Crippen molar-refractivity contribution < 1.29 is 13.8 Å². The predicted octanol–water partition coefficient (Wildman–Crippen LogP) is 6.28. The van der Waals surface area contributed by atoms with Crippen LogP contribution in [-0.2, 0) is 6.54 Å². The Bertz CT molecular complexity index is 1860. The van der Waals surface area contributed by atoms with E-state index in [0.29, 0.717) is 17.6 Å². The Balaban J connectivity index is 1.17. The molecule has 10 nitrogen and oxygen atoms in total. The van der Waals surface area contributed by atoms with Gasteiger partial charge in [0, 0.05) is 24.7 Å². The van der Waals surface area contributed by atoms with Gasteiger partial charge in [-0.05, 0) is 93.4 Å². The summed E-state index contributed by atoms with van der Waals surface area (Å²) in [6.45, 7) is 10.1. The lowest BCUT2D eigenvalue weighted by molar-refractivity contribution is -0.579. The Kier molecular flexibility index (Phi) is 10.2. The van der Waals surface area contributed by atoms with Gasteiger partial charge in [-0.2, -0.15) is 4.24 Å². The summed E-state index contributed by atoms with van der Waals surface area (Å²) in [6.07, 6.45) is 7.30. The summed E-state index contributed by atoms with van der Waals surface area (Å²) in [5.41, 5.74) is 5.10. The van der Waals surface area contributed by atoms with Crippen LogP contribution in [0.4, 0.5) is 10.5 Å². The molecule has 3 atom stereocenters. The lowest BCUT2D eigenvalue weighted by atomic mass is 9.85. The standard InChI is InChI=1S/C39H50N8O2/c1-26-12-9-10-21-46(26)38-44-36-20-17-29(25-47(36)38)49-33-19-18-32(30-15-7-8-16-31(30)33)42-37(48)43-35(23-34(40)39(2,3)4)41-28-14-11-13-27(22-28)24-45(5)6/h7-8,11,13-17,20,22,25-26,32-33,40H,9-10,12,18-19,21,23-24H2,1-6H3,(H-,41,42,43,48)/p+1. The fourth-order valence-electron chi connectivity index (χ4n) is 6.81. The quantitative estimate of drug-likeness (QED) is 0.142. The number of carbonyl (C=O) groups excluding carboxylic acids is 1. The first-order chi connectivity index (χ1) is 23.4. The number of urea groups is 1. The van der Waals surface area contributed by atoms with Crippen molar-refractivity contribution in [2.75, 3.05) is 20.6 Å². The predicted molar refractivity (Wildman–Crippen MR) is 193 cm³/mol. The largest absolute Gasteiger partial charge is 0.483 e. The van der Waals surface area contributed by atoms with Gasteiger partial charge in [-0.3, -0.25) is 10.2 Å². The van der Waals surface area contributed by atoms with E-state index in [0.717, 1.165) is 65.5 Å². The summed E-state index contributed by atoms with van der Waals surface area (Å²) in [5.74, 6) is 2.26. The van der Waals surface area contributed by atoms with E-state index in [-0.39, 0.29) is 30.0 Å². The molecule has 6 rings (SSSR count). The zero-order chi connectivity index (χ0) is 34.7. The molecule has 2 amide bonds. The van der Waals surface area contributed by atoms with Crippen LogP contribution in [0.3, 0.4) is 0 Å². The highest BCUT2D eigenvalue weighted by Crippen LogP contribution is 2.38. The minimum Gasteiger partial charge on any atom is -0.483 e. The second-order valence-corrected chi connectivity index (χ2v) is 14.9. The molecular weight excluding hydrogens is 612 g/mol. The number of aromatic nitrogens is 1. The number of rotatable bonds is 9. The smallest absolute Gasteiger partial charge is 0.357 e. The molecule has 49 heavy (non-hydrogen) atoms. The third kappa shape index (κ3) is 8.19. The molecule has 0 bridgehead atoms. The molecule has 1 aliphatic carbocycles. The molecule has 3 N–H and O–H groups in total. The maximum atomic E-state index is 13.6. The third-order valence-electron chi connectivity index (χ3n) is 9.59. The van der Waals surface area contributed by atoms with Crippen molar-refractivity contribution >= 4 is 23.3 Å². The summed E-state index contributed by atoms with van der Waals surface area (Å²) in [4.78, 5) is 27.7. The second-order valence-electron chi connectivity index (χ2n) is 14.9. The molecule has 10 heteroatoms. The summed E-state index contributed by atoms with van der Waals surface area (Å²) in [7, 11) is 4.06. The number of aliphatic imine (C=N–C) groups is 1. The lowest BCUT2D eigenvalue weighted by Gasteiger charge is -2.32. The topological polar surface area (TPSA) is 111 Å². The van der Waals surface area contributed by atoms with Gasteiger partial charge < -0.3 is 20.4 Å². The minimum absolute atomic E-state index is 0.135. The summed E-state index contributed by atoms with van der Waals surface area (Å²) in [5, 5.41) is 14.9. The highest BCUT2D eigenvalue weighted by Gasteiger charge is 2.32. The fourth-order valence-corrected chi connectivity index (χ4v) is 6.81. The van der Waals surface area contributed by atoms with Gasteiger partial charge in [0.05, 0.1) is 24.3 Å². The van der Waals surface area contributed by atoms with Gasteiger partial charge in [-0.25, -0.2) is 9.79 Å². The number of ether oxygens (including phenoxy) is 1. The molecule has 1 fully saturated rings. The monoisotopic (exact) mass is 663 g/mol. The maximum Gasteiger partial charge on any atom is 0.357 e. The summed E-state index contributed by atoms with van der Waals surface area (Å²) < 4.78 is 8.79. The van der Waals surface area contributed by atoms with Crippen LogP contribution in [0.25, 0.3) is 0 Å². The van der Waals surface area contributed by atoms with E-state index in [9.17, 15) is 4.79 Å². The summed E-state index contributed by atoms with van der Waals surface area (Å²) in [6, 6.07) is 20.2. The molecule has 3 unspecified atom stereocenters. The van der Waals surface area contributed by atoms with E-state index < -0.39 is 0 Å². The Labute approximate surface area is 290 Å². The number of nitrogens with one attached hydrogen (secondary N) is 3. The molecule has 3 aliphatic rings. The molecule has 1 saturated heterocycles. The first kappa shape index (κ1) is 34.3. The Morgan fingerprint density at radius 2 is 1.86 bits per heavy atom. The molecule has 3 heterocycles. The van der Waals surface area contributed by atoms with E-state index in [2.05, 4.69) is 56.0 Å². The molecule has 3 aromatic rings. The van der Waals surface area contributed by atoms with Gasteiger partial charge in [0.25, 0.3) is 0 Å². The van der Waals surface area contributed by atoms with Gasteiger partial charge in [-0.1, -0.05) is 62.2 Å². The third-order valence-corrected chi connectivity index (χ3v) is 9.59. The van der Waals surface area contributed by atoms with Crippen molar-refractivity contribution in [1.82, 2.24) is 20.4 Å². The average molecular weight is 664 g/mol. The molecular formula is C39H51N8O2+. The number of piperidine rings is 1. The average Bonchev–Trinajstić information content (AvgIpc) is 3.03. The first-order valence-corrected chi connectivity index (χ1v) is 17.6. The second kappa shape index (κ2) is 14.5. The normalized spacial score (nSPS) is 20.5. The van der Waals surface area contributed by atoms with Gasteiger partial charge in [0.15, 0.2) is 0 Å². The van der Waals surface area contributed by atoms with Crippen LogP contribution < -0.4 is 25.1 Å². The van der Waals surface area contributed by atoms with Gasteiger partial charge in [0.2, 0.25) is 5.49 Å². The van der Waals surface area contributed by atoms with E-state index in [4.69, 9.17) is 20.1 Å². The number of fused-ring (bicyclic) bond motifs is 2. The number of likely N-dealkylation sites (tertiary alicyclic amines) is 1. The lowest BCUT2D eigenvalue weighted by Crippen LogP contribution is -2.55. The van der Waals surface area contributed by atoms with Crippen LogP contribution in [-0.4, -0.2) is 54.1 Å². The molecule has 2 aromatic carbocycles. The number of pyridine rings is 1. The molecule has 1 aromatic heterocycles. The van der Waals surface area contributed by atoms with Crippen LogP contribution in [0, 0.1) is 16.8 Å². The first-order valence-electron chi connectivity index (χ1n) is 17.6. The van der Waals surface area contributed by atoms with Gasteiger partial charge >= 0.3 is 12.0 Å². The number of carbonyl (C=O) groups is 1. The van der Waals surface area contributed by atoms with Crippen LogP contribution in [0.5, 0.6) is 5.75 Å². The van der Waals surface area contributed by atoms with Crippen molar-refractivity contribution in [2.45, 2.75) is 91.0 Å². The Morgan fingerprint density at radius 3 is 2.61 bits per heavy atom.